The third kappa shape index (κ3) is 13.2. The number of aldehydes is 1. The average Bonchev–Trinajstić information content (AvgIpc) is 3.34. The molecule has 3 aliphatic heterocycles. The molecule has 3 aliphatic rings. The third-order valence-corrected chi connectivity index (χ3v) is 14.6. The Morgan fingerprint density at radius 2 is 1.64 bits per heavy atom. The quantitative estimate of drug-likeness (QED) is 0.0790. The summed E-state index contributed by atoms with van der Waals surface area (Å²) >= 11 is 0. The maximum atomic E-state index is 15.7. The highest BCUT2D eigenvalue weighted by atomic mass is 19.3. The number of piperidine rings is 3. The van der Waals surface area contributed by atoms with E-state index in [1.165, 1.54) is 35.9 Å². The van der Waals surface area contributed by atoms with Crippen LogP contribution in [0.4, 0.5) is 24.5 Å². The highest BCUT2D eigenvalue weighted by molar-refractivity contribution is 5.94. The Balaban J connectivity index is 0.858. The Labute approximate surface area is 412 Å². The van der Waals surface area contributed by atoms with Gasteiger partial charge in [0.1, 0.15) is 18.1 Å². The van der Waals surface area contributed by atoms with Gasteiger partial charge < -0.3 is 30.4 Å². The number of methoxy groups -OCH3 is 1. The van der Waals surface area contributed by atoms with Crippen molar-refractivity contribution in [1.29, 1.82) is 0 Å². The first kappa shape index (κ1) is 52.3. The molecule has 11 nitrogen and oxygen atoms in total. The van der Waals surface area contributed by atoms with E-state index in [0.717, 1.165) is 79.5 Å². The molecule has 2 amide bonds. The number of ether oxygens (including phenoxy) is 1. The molecule has 0 spiro atoms. The highest BCUT2D eigenvalue weighted by Crippen LogP contribution is 2.42. The summed E-state index contributed by atoms with van der Waals surface area (Å²) < 4.78 is 52.2. The predicted octanol–water partition coefficient (Wildman–Crippen LogP) is 9.72. The number of aryl methyl sites for hydroxylation is 2. The van der Waals surface area contributed by atoms with Gasteiger partial charge in [0.15, 0.2) is 0 Å². The number of hydrogen-bond donors (Lipinski definition) is 3. The molecular formula is C56H72F3N7O4. The van der Waals surface area contributed by atoms with Gasteiger partial charge in [0.2, 0.25) is 5.91 Å². The lowest BCUT2D eigenvalue weighted by Gasteiger charge is -2.41. The van der Waals surface area contributed by atoms with E-state index in [0.29, 0.717) is 50.6 Å². The van der Waals surface area contributed by atoms with Crippen LogP contribution >= 0.6 is 0 Å². The lowest BCUT2D eigenvalue weighted by Crippen LogP contribution is -2.50. The molecule has 1 aromatic heterocycles. The topological polar surface area (TPSA) is 119 Å². The fraction of sp³-hybridized carbons (Fsp3) is 0.500. The Kier molecular flexibility index (Phi) is 17.9. The second-order valence-electron chi connectivity index (χ2n) is 19.9. The van der Waals surface area contributed by atoms with Gasteiger partial charge in [-0.15, -0.1) is 0 Å². The van der Waals surface area contributed by atoms with Crippen molar-refractivity contribution < 1.29 is 32.3 Å². The number of nitrogens with one attached hydrogen (secondary N) is 3. The van der Waals surface area contributed by atoms with Gasteiger partial charge in [-0.25, -0.2) is 13.2 Å². The van der Waals surface area contributed by atoms with Crippen molar-refractivity contribution in [3.05, 3.63) is 118 Å². The molecule has 0 saturated carbocycles. The molecule has 7 rings (SSSR count). The summed E-state index contributed by atoms with van der Waals surface area (Å²) in [5, 5.41) is 9.05. The molecule has 0 radical (unpaired) electrons. The summed E-state index contributed by atoms with van der Waals surface area (Å²) in [6, 6.07) is 20.3. The molecule has 3 N–H and O–H groups in total. The Morgan fingerprint density at radius 3 is 2.31 bits per heavy atom. The van der Waals surface area contributed by atoms with Gasteiger partial charge >= 0.3 is 0 Å². The molecule has 3 atom stereocenters. The first-order valence-corrected chi connectivity index (χ1v) is 25.1. The van der Waals surface area contributed by atoms with Crippen LogP contribution in [0, 0.1) is 25.6 Å². The van der Waals surface area contributed by atoms with E-state index in [9.17, 15) is 14.4 Å². The number of pyridine rings is 1. The zero-order valence-electron chi connectivity index (χ0n) is 41.8. The van der Waals surface area contributed by atoms with Crippen LogP contribution in [0.1, 0.15) is 109 Å². The van der Waals surface area contributed by atoms with E-state index < -0.39 is 30.2 Å². The van der Waals surface area contributed by atoms with E-state index in [-0.39, 0.29) is 54.3 Å². The third-order valence-electron chi connectivity index (χ3n) is 14.6. The fourth-order valence-electron chi connectivity index (χ4n) is 10.7. The van der Waals surface area contributed by atoms with Crippen LogP contribution in [0.3, 0.4) is 0 Å². The standard InChI is InChI=1S/C56H72F3N7O4/c1-37(30-49-40(4)61-23-17-47(49)45-10-9-38(2)53(31-45)62-39(3)35-70-6)33-64-24-20-43(21-25-64)42-11-13-44(14-12-42)55(69)66-27-18-41(19-28-66)34-65-26-22-50(56(58,59)36-65)48-16-15-46(32-51(48)57)63-52(8-7-29-67)54(68)60-5/h9-17,23,29-32,39,41,43,50,52,62-63H,7-8,18-22,24-28,33-36H2,1-6H3,(H,60,68)/b37-30+. The minimum atomic E-state index is -3.14. The molecule has 0 aliphatic carbocycles. The smallest absolute Gasteiger partial charge is 0.267 e. The average molecular weight is 964 g/mol. The molecular weight excluding hydrogens is 892 g/mol. The molecule has 14 heteroatoms. The highest BCUT2D eigenvalue weighted by Gasteiger charge is 2.46. The van der Waals surface area contributed by atoms with Gasteiger partial charge in [0.05, 0.1) is 19.1 Å². The van der Waals surface area contributed by atoms with Gasteiger partial charge in [0.25, 0.3) is 11.8 Å². The Hall–Kier alpha value is -5.57. The molecule has 3 saturated heterocycles. The summed E-state index contributed by atoms with van der Waals surface area (Å²) in [4.78, 5) is 47.6. The van der Waals surface area contributed by atoms with Crippen LogP contribution < -0.4 is 16.0 Å². The number of aromatic nitrogens is 1. The SMILES string of the molecule is CNC(=O)C(CCC=O)Nc1ccc(C2CCN(CC3CCN(C(=O)c4ccc(C5CCN(C/C(C)=C/c6c(-c7ccc(C)c(NC(C)COC)c7)ccnc6C)CC5)cc4)CC3)CC2(F)F)c(F)c1. The molecule has 4 heterocycles. The number of likely N-dealkylation sites (tertiary alicyclic amines) is 3. The first-order valence-electron chi connectivity index (χ1n) is 25.1. The van der Waals surface area contributed by atoms with Crippen molar-refractivity contribution in [2.45, 2.75) is 102 Å². The lowest BCUT2D eigenvalue weighted by molar-refractivity contribution is -0.121. The normalized spacial score (nSPS) is 19.4. The van der Waals surface area contributed by atoms with Crippen LogP contribution in [0.15, 0.2) is 78.5 Å². The number of alkyl halides is 2. The van der Waals surface area contributed by atoms with Crippen molar-refractivity contribution in [3.8, 4) is 11.1 Å². The van der Waals surface area contributed by atoms with E-state index in [1.807, 2.05) is 23.2 Å². The van der Waals surface area contributed by atoms with Gasteiger partial charge in [-0.2, -0.15) is 0 Å². The number of nitrogens with zero attached hydrogens (tertiary/aromatic N) is 4. The van der Waals surface area contributed by atoms with Crippen molar-refractivity contribution in [1.82, 2.24) is 25.0 Å². The van der Waals surface area contributed by atoms with Crippen LogP contribution in [0.2, 0.25) is 0 Å². The molecule has 70 heavy (non-hydrogen) atoms. The van der Waals surface area contributed by atoms with Gasteiger partial charge in [-0.3, -0.25) is 24.4 Å². The minimum Gasteiger partial charge on any atom is -0.383 e. The molecule has 376 valence electrons. The van der Waals surface area contributed by atoms with Crippen LogP contribution in [0.25, 0.3) is 17.2 Å². The second-order valence-corrected chi connectivity index (χ2v) is 19.9. The summed E-state index contributed by atoms with van der Waals surface area (Å²) in [6.07, 6.45) is 8.93. The first-order chi connectivity index (χ1) is 33.7. The van der Waals surface area contributed by atoms with Crippen molar-refractivity contribution in [2.24, 2.45) is 5.92 Å². The van der Waals surface area contributed by atoms with Gasteiger partial charge in [-0.05, 0) is 162 Å². The van der Waals surface area contributed by atoms with Crippen molar-refractivity contribution >= 4 is 35.6 Å². The number of anilines is 2. The van der Waals surface area contributed by atoms with Crippen LogP contribution in [-0.2, 0) is 14.3 Å². The number of amides is 2. The number of likely N-dealkylation sites (N-methyl/N-ethyl adjacent to an activating group) is 1. The summed E-state index contributed by atoms with van der Waals surface area (Å²) in [7, 11) is 3.19. The maximum Gasteiger partial charge on any atom is 0.267 e. The molecule has 3 aromatic carbocycles. The largest absolute Gasteiger partial charge is 0.383 e. The van der Waals surface area contributed by atoms with Crippen molar-refractivity contribution in [2.75, 3.05) is 83.8 Å². The van der Waals surface area contributed by atoms with Crippen LogP contribution in [0.5, 0.6) is 0 Å². The molecule has 4 aromatic rings. The van der Waals surface area contributed by atoms with Gasteiger partial charge in [-0.1, -0.05) is 42.0 Å². The zero-order chi connectivity index (χ0) is 50.0. The van der Waals surface area contributed by atoms with E-state index in [2.05, 4.69) is 96.0 Å². The molecule has 3 unspecified atom stereocenters. The lowest BCUT2D eigenvalue weighted by atomic mass is 9.85. The van der Waals surface area contributed by atoms with E-state index in [1.54, 1.807) is 12.0 Å². The van der Waals surface area contributed by atoms with E-state index in [4.69, 9.17) is 4.74 Å². The Bertz CT molecular complexity index is 2450. The number of hydrogen-bond acceptors (Lipinski definition) is 9. The van der Waals surface area contributed by atoms with Gasteiger partial charge in [0, 0.05) is 87.2 Å². The number of carbonyl (C=O) groups is 3. The van der Waals surface area contributed by atoms with Crippen LogP contribution in [-0.4, -0.2) is 129 Å². The molecule has 3 fully saturated rings. The number of carbonyl (C=O) groups excluding carboxylic acids is 3. The summed E-state index contributed by atoms with van der Waals surface area (Å²) in [5.41, 5.74) is 10.2. The minimum absolute atomic E-state index is 0.00552. The molecule has 0 bridgehead atoms. The summed E-state index contributed by atoms with van der Waals surface area (Å²) in [5.74, 6) is -4.90. The summed E-state index contributed by atoms with van der Waals surface area (Å²) in [6.45, 7) is 13.6. The predicted molar refractivity (Wildman–Crippen MR) is 273 cm³/mol. The Morgan fingerprint density at radius 1 is 0.914 bits per heavy atom. The second kappa shape index (κ2) is 24.0. The van der Waals surface area contributed by atoms with Crippen molar-refractivity contribution in [3.63, 3.8) is 0 Å². The number of rotatable bonds is 19. The number of halogens is 3. The maximum absolute atomic E-state index is 15.7. The fourth-order valence-corrected chi connectivity index (χ4v) is 10.7. The zero-order valence-corrected chi connectivity index (χ0v) is 41.8. The van der Waals surface area contributed by atoms with E-state index >= 15 is 13.2 Å². The number of benzene rings is 3. The monoisotopic (exact) mass is 964 g/mol.